The van der Waals surface area contributed by atoms with Crippen molar-refractivity contribution < 1.29 is 52.8 Å². The predicted molar refractivity (Wildman–Crippen MR) is 159 cm³/mol. The molecule has 2 fully saturated rings. The second kappa shape index (κ2) is 12.8. The second-order valence-electron chi connectivity index (χ2n) is 12.9. The molecule has 3 aliphatic rings. The number of carbonyl (C=O) groups is 5. The third kappa shape index (κ3) is 7.80. The van der Waals surface area contributed by atoms with Crippen LogP contribution in [0.25, 0.3) is 0 Å². The highest BCUT2D eigenvalue weighted by atomic mass is 79.9. The highest BCUT2D eigenvalue weighted by Gasteiger charge is 2.69. The molecule has 5 atom stereocenters. The summed E-state index contributed by atoms with van der Waals surface area (Å²) >= 11 is 6.41. The Morgan fingerprint density at radius 1 is 0.884 bits per heavy atom. The molecule has 242 valence electrons. The minimum atomic E-state index is -1.49. The molecule has 3 rings (SSSR count). The molecule has 3 aliphatic heterocycles. The van der Waals surface area contributed by atoms with E-state index in [-0.39, 0.29) is 38.5 Å². The summed E-state index contributed by atoms with van der Waals surface area (Å²) in [6.07, 6.45) is 2.72. The van der Waals surface area contributed by atoms with Crippen molar-refractivity contribution in [1.82, 2.24) is 4.90 Å². The van der Waals surface area contributed by atoms with Gasteiger partial charge in [0.05, 0.1) is 42.7 Å². The van der Waals surface area contributed by atoms with Crippen LogP contribution in [-0.4, -0.2) is 98.8 Å². The minimum absolute atomic E-state index is 0.000808. The minimum Gasteiger partial charge on any atom is -0.465 e. The largest absolute Gasteiger partial charge is 0.465 e. The van der Waals surface area contributed by atoms with Crippen molar-refractivity contribution in [1.29, 1.82) is 0 Å². The molecule has 0 saturated carbocycles. The number of hydrogen-bond acceptors (Lipinski definition) is 11. The third-order valence-corrected chi connectivity index (χ3v) is 8.51. The molecular formula is C29H41Br2NO11. The van der Waals surface area contributed by atoms with Gasteiger partial charge in [0.15, 0.2) is 0 Å². The average Bonchev–Trinajstić information content (AvgIpc) is 3.45. The molecule has 0 aromatic heterocycles. The van der Waals surface area contributed by atoms with E-state index in [1.807, 2.05) is 26.0 Å². The summed E-state index contributed by atoms with van der Waals surface area (Å²) in [5.41, 5.74) is -3.01. The number of aliphatic hydroxyl groups excluding tert-OH is 1. The van der Waals surface area contributed by atoms with E-state index in [1.165, 1.54) is 11.8 Å². The van der Waals surface area contributed by atoms with Crippen molar-refractivity contribution in [3.8, 4) is 0 Å². The SMILES string of the molecule is CC(C)(Br)C(=O)OCC(C)(COC(=O)C(C)(C)Br)C(=O)OCCCOC(=O)CCN1C(=O)[C@@H]2[C@H](C1O)C1(C)C=CC2(C)O1. The van der Waals surface area contributed by atoms with Crippen molar-refractivity contribution in [2.24, 2.45) is 17.3 Å². The van der Waals surface area contributed by atoms with Crippen LogP contribution in [0.4, 0.5) is 0 Å². The fraction of sp³-hybridized carbons (Fsp3) is 0.759. The van der Waals surface area contributed by atoms with E-state index in [2.05, 4.69) is 31.9 Å². The number of amides is 1. The van der Waals surface area contributed by atoms with Gasteiger partial charge in [0.1, 0.15) is 33.5 Å². The molecule has 0 aromatic carbocycles. The van der Waals surface area contributed by atoms with Crippen LogP contribution >= 0.6 is 31.9 Å². The summed E-state index contributed by atoms with van der Waals surface area (Å²) in [4.78, 5) is 64.2. The summed E-state index contributed by atoms with van der Waals surface area (Å²) in [6, 6.07) is 0. The molecule has 14 heteroatoms. The lowest BCUT2D eigenvalue weighted by Gasteiger charge is -2.30. The van der Waals surface area contributed by atoms with Crippen molar-refractivity contribution >= 4 is 61.6 Å². The molecule has 1 N–H and O–H groups in total. The van der Waals surface area contributed by atoms with Crippen molar-refractivity contribution in [2.45, 2.75) is 87.4 Å². The van der Waals surface area contributed by atoms with Crippen LogP contribution in [-0.2, 0) is 47.7 Å². The zero-order valence-corrected chi connectivity index (χ0v) is 28.7. The quantitative estimate of drug-likeness (QED) is 0.0920. The van der Waals surface area contributed by atoms with Crippen LogP contribution in [0.5, 0.6) is 0 Å². The zero-order chi connectivity index (χ0) is 32.6. The van der Waals surface area contributed by atoms with Gasteiger partial charge in [-0.1, -0.05) is 44.0 Å². The number of alkyl halides is 2. The molecule has 0 radical (unpaired) electrons. The van der Waals surface area contributed by atoms with Crippen LogP contribution in [0.3, 0.4) is 0 Å². The Bertz CT molecular complexity index is 1130. The van der Waals surface area contributed by atoms with Gasteiger partial charge in [-0.2, -0.15) is 0 Å². The van der Waals surface area contributed by atoms with E-state index in [0.29, 0.717) is 0 Å². The molecule has 2 saturated heterocycles. The standard InChI is InChI=1S/C29H41Br2NO11/c1-25(2,30)22(36)41-15-27(5,16-42-23(37)26(3,4)31)24(38)40-14-8-13-39-17(33)9-12-32-20(34)18-19(21(32)35)29(7)11-10-28(18,6)43-29/h10-11,18-20,34H,8-9,12-16H2,1-7H3/t18-,19+,20?,28?,29?/m1/s1. The fourth-order valence-electron chi connectivity index (χ4n) is 5.34. The highest BCUT2D eigenvalue weighted by molar-refractivity contribution is 9.10. The summed E-state index contributed by atoms with van der Waals surface area (Å²) < 4.78 is 25.2. The van der Waals surface area contributed by atoms with Crippen LogP contribution in [0.2, 0.25) is 0 Å². The Morgan fingerprint density at radius 3 is 1.91 bits per heavy atom. The van der Waals surface area contributed by atoms with E-state index in [4.69, 9.17) is 23.7 Å². The van der Waals surface area contributed by atoms with E-state index in [9.17, 15) is 29.1 Å². The molecule has 3 heterocycles. The van der Waals surface area contributed by atoms with Gasteiger partial charge in [-0.25, -0.2) is 0 Å². The number of likely N-dealkylation sites (tertiary alicyclic amines) is 1. The summed E-state index contributed by atoms with van der Waals surface area (Å²) in [6.45, 7) is 10.5. The first-order valence-electron chi connectivity index (χ1n) is 14.1. The van der Waals surface area contributed by atoms with Crippen molar-refractivity contribution in [3.05, 3.63) is 12.2 Å². The van der Waals surface area contributed by atoms with Gasteiger partial charge < -0.3 is 33.7 Å². The smallest absolute Gasteiger partial charge is 0.322 e. The van der Waals surface area contributed by atoms with Crippen LogP contribution < -0.4 is 0 Å². The molecule has 12 nitrogen and oxygen atoms in total. The lowest BCUT2D eigenvalue weighted by molar-refractivity contribution is -0.171. The summed E-state index contributed by atoms with van der Waals surface area (Å²) in [5.74, 6) is -3.76. The van der Waals surface area contributed by atoms with E-state index in [0.717, 1.165) is 0 Å². The maximum atomic E-state index is 13.0. The number of rotatable bonds is 14. The zero-order valence-electron chi connectivity index (χ0n) is 25.6. The maximum absolute atomic E-state index is 13.0. The van der Waals surface area contributed by atoms with Crippen LogP contribution in [0.1, 0.15) is 61.3 Å². The summed E-state index contributed by atoms with van der Waals surface area (Å²) in [5, 5.41) is 10.9. The number of hydrogen-bond donors (Lipinski definition) is 1. The lowest BCUT2D eigenvalue weighted by atomic mass is 9.73. The van der Waals surface area contributed by atoms with E-state index >= 15 is 0 Å². The Hall–Kier alpha value is -2.03. The second-order valence-corrected chi connectivity index (χ2v) is 16.8. The Balaban J connectivity index is 1.44. The first kappa shape index (κ1) is 35.4. The van der Waals surface area contributed by atoms with Crippen LogP contribution in [0, 0.1) is 17.3 Å². The first-order chi connectivity index (χ1) is 19.6. The first-order valence-corrected chi connectivity index (χ1v) is 15.7. The molecular weight excluding hydrogens is 698 g/mol. The fourth-order valence-corrected chi connectivity index (χ4v) is 5.57. The average molecular weight is 739 g/mol. The maximum Gasteiger partial charge on any atom is 0.322 e. The molecule has 0 aromatic rings. The van der Waals surface area contributed by atoms with Gasteiger partial charge >= 0.3 is 23.9 Å². The molecule has 43 heavy (non-hydrogen) atoms. The number of esters is 4. The number of aliphatic hydroxyl groups is 1. The molecule has 3 unspecified atom stereocenters. The number of fused-ring (bicyclic) bond motifs is 5. The predicted octanol–water partition coefficient (Wildman–Crippen LogP) is 2.80. The summed E-state index contributed by atoms with van der Waals surface area (Å²) in [7, 11) is 0. The lowest BCUT2D eigenvalue weighted by Crippen LogP contribution is -2.43. The third-order valence-electron chi connectivity index (χ3n) is 7.86. The normalized spacial score (nSPS) is 28.1. The van der Waals surface area contributed by atoms with Gasteiger partial charge in [-0.05, 0) is 48.5 Å². The molecule has 0 spiro atoms. The topological polar surface area (TPSA) is 155 Å². The molecule has 2 bridgehead atoms. The Morgan fingerprint density at radius 2 is 1.40 bits per heavy atom. The number of nitrogens with zero attached hydrogens (tertiary/aromatic N) is 1. The number of carbonyl (C=O) groups excluding carboxylic acids is 5. The van der Waals surface area contributed by atoms with E-state index < -0.39 is 80.4 Å². The Labute approximate surface area is 268 Å². The van der Waals surface area contributed by atoms with Gasteiger partial charge in [-0.15, -0.1) is 0 Å². The van der Waals surface area contributed by atoms with E-state index in [1.54, 1.807) is 27.7 Å². The van der Waals surface area contributed by atoms with Gasteiger partial charge in [-0.3, -0.25) is 24.0 Å². The molecule has 1 amide bonds. The van der Waals surface area contributed by atoms with Crippen molar-refractivity contribution in [2.75, 3.05) is 33.0 Å². The Kier molecular flexibility index (Phi) is 10.5. The molecule has 0 aliphatic carbocycles. The van der Waals surface area contributed by atoms with Crippen LogP contribution in [0.15, 0.2) is 12.2 Å². The van der Waals surface area contributed by atoms with Crippen molar-refractivity contribution in [3.63, 3.8) is 0 Å². The number of halogens is 2. The van der Waals surface area contributed by atoms with Gasteiger partial charge in [0, 0.05) is 13.0 Å². The monoisotopic (exact) mass is 737 g/mol. The number of ether oxygens (including phenoxy) is 5. The van der Waals surface area contributed by atoms with Gasteiger partial charge in [0.2, 0.25) is 5.91 Å². The van der Waals surface area contributed by atoms with Gasteiger partial charge in [0.25, 0.3) is 0 Å². The highest BCUT2D eigenvalue weighted by Crippen LogP contribution is 2.58.